The van der Waals surface area contributed by atoms with Crippen LogP contribution in [-0.2, 0) is 0 Å². The standard InChI is InChI=1S/C12H9BrN4/c1-7-4-5-14-12-10(7)16-11(17-12)9-3-2-8(13)6-15-9/h2-6H,1H3,(H,14,16,17). The predicted octanol–water partition coefficient (Wildman–Crippen LogP) is 3.09. The Bertz CT molecular complexity index is 673. The van der Waals surface area contributed by atoms with Crippen LogP contribution in [0, 0.1) is 6.92 Å². The first-order valence-electron chi connectivity index (χ1n) is 5.17. The molecular weight excluding hydrogens is 280 g/mol. The van der Waals surface area contributed by atoms with E-state index in [0.29, 0.717) is 0 Å². The second kappa shape index (κ2) is 3.92. The molecule has 84 valence electrons. The van der Waals surface area contributed by atoms with Crippen LogP contribution in [0.5, 0.6) is 0 Å². The number of aromatic nitrogens is 4. The number of aryl methyl sites for hydroxylation is 1. The van der Waals surface area contributed by atoms with E-state index in [4.69, 9.17) is 0 Å². The molecule has 0 saturated heterocycles. The number of pyridine rings is 2. The van der Waals surface area contributed by atoms with Crippen LogP contribution in [0.2, 0.25) is 0 Å². The highest BCUT2D eigenvalue weighted by Gasteiger charge is 2.08. The lowest BCUT2D eigenvalue weighted by molar-refractivity contribution is 1.22. The molecule has 0 unspecified atom stereocenters. The van der Waals surface area contributed by atoms with Gasteiger partial charge in [0.25, 0.3) is 0 Å². The van der Waals surface area contributed by atoms with Crippen LogP contribution < -0.4 is 0 Å². The zero-order chi connectivity index (χ0) is 11.8. The normalized spacial score (nSPS) is 10.9. The van der Waals surface area contributed by atoms with E-state index in [1.807, 2.05) is 25.1 Å². The number of rotatable bonds is 1. The van der Waals surface area contributed by atoms with E-state index in [-0.39, 0.29) is 0 Å². The molecule has 0 fully saturated rings. The molecule has 0 radical (unpaired) electrons. The highest BCUT2D eigenvalue weighted by atomic mass is 79.9. The van der Waals surface area contributed by atoms with Crippen LogP contribution in [-0.4, -0.2) is 19.9 Å². The van der Waals surface area contributed by atoms with Crippen molar-refractivity contribution in [3.63, 3.8) is 0 Å². The summed E-state index contributed by atoms with van der Waals surface area (Å²) in [6.45, 7) is 2.03. The Morgan fingerprint density at radius 2 is 2.06 bits per heavy atom. The van der Waals surface area contributed by atoms with Gasteiger partial charge in [0.05, 0.1) is 5.52 Å². The van der Waals surface area contributed by atoms with E-state index >= 15 is 0 Å². The minimum atomic E-state index is 0.727. The van der Waals surface area contributed by atoms with Gasteiger partial charge in [0.1, 0.15) is 5.69 Å². The van der Waals surface area contributed by atoms with Gasteiger partial charge in [-0.15, -0.1) is 0 Å². The highest BCUT2D eigenvalue weighted by molar-refractivity contribution is 9.10. The summed E-state index contributed by atoms with van der Waals surface area (Å²) in [4.78, 5) is 16.2. The Morgan fingerprint density at radius 1 is 1.18 bits per heavy atom. The third kappa shape index (κ3) is 1.82. The SMILES string of the molecule is Cc1ccnc2nc(-c3ccc(Br)cn3)[nH]c12. The highest BCUT2D eigenvalue weighted by Crippen LogP contribution is 2.20. The van der Waals surface area contributed by atoms with E-state index in [0.717, 1.165) is 32.7 Å². The topological polar surface area (TPSA) is 54.5 Å². The fourth-order valence-corrected chi connectivity index (χ4v) is 1.91. The Kier molecular flexibility index (Phi) is 2.40. The molecule has 1 N–H and O–H groups in total. The minimum absolute atomic E-state index is 0.727. The number of aromatic amines is 1. The first-order chi connectivity index (χ1) is 8.24. The van der Waals surface area contributed by atoms with Crippen molar-refractivity contribution in [1.82, 2.24) is 19.9 Å². The molecule has 5 heteroatoms. The summed E-state index contributed by atoms with van der Waals surface area (Å²) >= 11 is 3.36. The first kappa shape index (κ1) is 10.4. The van der Waals surface area contributed by atoms with E-state index in [1.54, 1.807) is 12.4 Å². The molecule has 0 saturated carbocycles. The van der Waals surface area contributed by atoms with Crippen molar-refractivity contribution in [3.05, 3.63) is 40.6 Å². The zero-order valence-electron chi connectivity index (χ0n) is 9.11. The molecule has 0 aliphatic heterocycles. The average molecular weight is 289 g/mol. The lowest BCUT2D eigenvalue weighted by atomic mass is 10.3. The second-order valence-corrected chi connectivity index (χ2v) is 4.69. The summed E-state index contributed by atoms with van der Waals surface area (Å²) in [6, 6.07) is 5.81. The Labute approximate surface area is 106 Å². The second-order valence-electron chi connectivity index (χ2n) is 3.77. The summed E-state index contributed by atoms with van der Waals surface area (Å²) in [5.74, 6) is 0.745. The van der Waals surface area contributed by atoms with E-state index in [2.05, 4.69) is 35.9 Å². The molecule has 4 nitrogen and oxygen atoms in total. The number of fused-ring (bicyclic) bond motifs is 1. The smallest absolute Gasteiger partial charge is 0.178 e. The van der Waals surface area contributed by atoms with Gasteiger partial charge in [-0.05, 0) is 46.6 Å². The molecule has 17 heavy (non-hydrogen) atoms. The fourth-order valence-electron chi connectivity index (χ4n) is 1.67. The Morgan fingerprint density at radius 3 is 2.76 bits per heavy atom. The molecule has 0 aliphatic carbocycles. The monoisotopic (exact) mass is 288 g/mol. The number of hydrogen-bond donors (Lipinski definition) is 1. The van der Waals surface area contributed by atoms with Gasteiger partial charge >= 0.3 is 0 Å². The van der Waals surface area contributed by atoms with Crippen LogP contribution >= 0.6 is 15.9 Å². The average Bonchev–Trinajstić information content (AvgIpc) is 2.75. The zero-order valence-corrected chi connectivity index (χ0v) is 10.7. The van der Waals surface area contributed by atoms with E-state index in [1.165, 1.54) is 0 Å². The molecular formula is C12H9BrN4. The number of halogens is 1. The maximum atomic E-state index is 4.43. The molecule has 3 aromatic rings. The number of H-pyrrole nitrogens is 1. The van der Waals surface area contributed by atoms with E-state index < -0.39 is 0 Å². The Hall–Kier alpha value is -1.75. The summed E-state index contributed by atoms with van der Waals surface area (Å²) < 4.78 is 0.951. The lowest BCUT2D eigenvalue weighted by Crippen LogP contribution is -1.84. The van der Waals surface area contributed by atoms with Crippen LogP contribution in [0.1, 0.15) is 5.56 Å². The number of nitrogens with one attached hydrogen (secondary N) is 1. The van der Waals surface area contributed by atoms with Crippen molar-refractivity contribution < 1.29 is 0 Å². The summed E-state index contributed by atoms with van der Waals surface area (Å²) in [5, 5.41) is 0. The number of imidazole rings is 1. The molecule has 0 aliphatic rings. The van der Waals surface area contributed by atoms with Gasteiger partial charge in [0, 0.05) is 16.9 Å². The predicted molar refractivity (Wildman–Crippen MR) is 69.6 cm³/mol. The van der Waals surface area contributed by atoms with Gasteiger partial charge < -0.3 is 4.98 Å². The van der Waals surface area contributed by atoms with Crippen molar-refractivity contribution in [2.75, 3.05) is 0 Å². The third-order valence-electron chi connectivity index (χ3n) is 2.57. The van der Waals surface area contributed by atoms with Gasteiger partial charge in [0.2, 0.25) is 0 Å². The van der Waals surface area contributed by atoms with E-state index in [9.17, 15) is 0 Å². The molecule has 3 aromatic heterocycles. The molecule has 0 atom stereocenters. The third-order valence-corrected chi connectivity index (χ3v) is 3.04. The molecule has 0 aromatic carbocycles. The van der Waals surface area contributed by atoms with Crippen molar-refractivity contribution >= 4 is 27.1 Å². The van der Waals surface area contributed by atoms with Gasteiger partial charge in [-0.25, -0.2) is 9.97 Å². The number of hydrogen-bond acceptors (Lipinski definition) is 3. The van der Waals surface area contributed by atoms with Crippen molar-refractivity contribution in [2.24, 2.45) is 0 Å². The van der Waals surface area contributed by atoms with Gasteiger partial charge in [-0.2, -0.15) is 0 Å². The summed E-state index contributed by atoms with van der Waals surface area (Å²) in [6.07, 6.45) is 3.51. The van der Waals surface area contributed by atoms with Crippen molar-refractivity contribution in [2.45, 2.75) is 6.92 Å². The molecule has 3 heterocycles. The van der Waals surface area contributed by atoms with Gasteiger partial charge in [-0.3, -0.25) is 4.98 Å². The molecule has 0 amide bonds. The molecule has 0 bridgehead atoms. The number of nitrogens with zero attached hydrogens (tertiary/aromatic N) is 3. The largest absolute Gasteiger partial charge is 0.335 e. The maximum Gasteiger partial charge on any atom is 0.178 e. The summed E-state index contributed by atoms with van der Waals surface area (Å²) in [5.41, 5.74) is 3.63. The van der Waals surface area contributed by atoms with Gasteiger partial charge in [-0.1, -0.05) is 0 Å². The van der Waals surface area contributed by atoms with Crippen molar-refractivity contribution in [1.29, 1.82) is 0 Å². The fraction of sp³-hybridized carbons (Fsp3) is 0.0833. The Balaban J connectivity index is 2.18. The van der Waals surface area contributed by atoms with Crippen LogP contribution in [0.3, 0.4) is 0 Å². The maximum absolute atomic E-state index is 4.43. The first-order valence-corrected chi connectivity index (χ1v) is 5.96. The van der Waals surface area contributed by atoms with Crippen LogP contribution in [0.4, 0.5) is 0 Å². The van der Waals surface area contributed by atoms with Crippen LogP contribution in [0.25, 0.3) is 22.7 Å². The molecule has 0 spiro atoms. The van der Waals surface area contributed by atoms with Gasteiger partial charge in [0.15, 0.2) is 11.5 Å². The van der Waals surface area contributed by atoms with Crippen LogP contribution in [0.15, 0.2) is 35.1 Å². The summed E-state index contributed by atoms with van der Waals surface area (Å²) in [7, 11) is 0. The lowest BCUT2D eigenvalue weighted by Gasteiger charge is -1.95. The quantitative estimate of drug-likeness (QED) is 0.749. The molecule has 3 rings (SSSR count). The van der Waals surface area contributed by atoms with Crippen molar-refractivity contribution in [3.8, 4) is 11.5 Å². The minimum Gasteiger partial charge on any atom is -0.335 e.